The van der Waals surface area contributed by atoms with Crippen LogP contribution in [0.1, 0.15) is 27.9 Å². The van der Waals surface area contributed by atoms with Gasteiger partial charge in [0.15, 0.2) is 0 Å². The average molecular weight is 271 g/mol. The predicted molar refractivity (Wildman–Crippen MR) is 74.0 cm³/mol. The molecule has 2 N–H and O–H groups in total. The Bertz CT molecular complexity index is 594. The molecule has 104 valence electrons. The van der Waals surface area contributed by atoms with Crippen molar-refractivity contribution in [3.05, 3.63) is 47.3 Å². The smallest absolute Gasteiger partial charge is 0.251 e. The van der Waals surface area contributed by atoms with E-state index in [2.05, 4.69) is 20.9 Å². The van der Waals surface area contributed by atoms with Gasteiger partial charge in [-0.15, -0.1) is 5.10 Å². The van der Waals surface area contributed by atoms with E-state index >= 15 is 0 Å². The third-order valence-corrected chi connectivity index (χ3v) is 3.42. The van der Waals surface area contributed by atoms with Gasteiger partial charge in [-0.2, -0.15) is 0 Å². The molecule has 0 bridgehead atoms. The van der Waals surface area contributed by atoms with Crippen molar-refractivity contribution >= 4 is 5.91 Å². The van der Waals surface area contributed by atoms with Gasteiger partial charge in [-0.3, -0.25) is 9.48 Å². The van der Waals surface area contributed by atoms with Crippen LogP contribution in [-0.4, -0.2) is 27.4 Å². The number of aromatic nitrogens is 3. The first-order valence-corrected chi connectivity index (χ1v) is 6.78. The van der Waals surface area contributed by atoms with Crippen molar-refractivity contribution in [2.24, 2.45) is 0 Å². The molecule has 0 saturated heterocycles. The number of carbonyl (C=O) groups is 1. The van der Waals surface area contributed by atoms with E-state index in [0.29, 0.717) is 6.54 Å². The number of hydrogen-bond donors (Lipinski definition) is 2. The lowest BCUT2D eigenvalue weighted by atomic mass is 10.1. The zero-order chi connectivity index (χ0) is 13.8. The quantitative estimate of drug-likeness (QED) is 0.785. The fourth-order valence-corrected chi connectivity index (χ4v) is 2.33. The largest absolute Gasteiger partial charge is 0.352 e. The van der Waals surface area contributed by atoms with Gasteiger partial charge in [-0.25, -0.2) is 0 Å². The number of aryl methyl sites for hydroxylation is 1. The highest BCUT2D eigenvalue weighted by atomic mass is 16.1. The molecule has 1 aliphatic heterocycles. The molecule has 2 aromatic rings. The van der Waals surface area contributed by atoms with E-state index in [9.17, 15) is 4.79 Å². The Balaban J connectivity index is 1.49. The molecule has 0 saturated carbocycles. The zero-order valence-electron chi connectivity index (χ0n) is 11.2. The summed E-state index contributed by atoms with van der Waals surface area (Å²) < 4.78 is 1.76. The summed E-state index contributed by atoms with van der Waals surface area (Å²) in [7, 11) is 0. The molecule has 0 atom stereocenters. The molecule has 0 aliphatic carbocycles. The van der Waals surface area contributed by atoms with Gasteiger partial charge in [-0.1, -0.05) is 11.3 Å². The minimum Gasteiger partial charge on any atom is -0.352 e. The molecule has 0 spiro atoms. The molecule has 1 amide bonds. The van der Waals surface area contributed by atoms with Gasteiger partial charge in [0, 0.05) is 37.9 Å². The highest BCUT2D eigenvalue weighted by Gasteiger charge is 2.12. The SMILES string of the molecule is O=C(NCCCn1ccnn1)c1ccc2c(c1)CNC2. The molecule has 3 rings (SSSR count). The number of nitrogens with zero attached hydrogens (tertiary/aromatic N) is 3. The van der Waals surface area contributed by atoms with Gasteiger partial charge in [0.25, 0.3) is 5.91 Å². The Hall–Kier alpha value is -2.21. The fraction of sp³-hybridized carbons (Fsp3) is 0.357. The maximum absolute atomic E-state index is 12.0. The first kappa shape index (κ1) is 12.8. The lowest BCUT2D eigenvalue weighted by Crippen LogP contribution is -2.25. The number of carbonyl (C=O) groups excluding carboxylic acids is 1. The number of fused-ring (bicyclic) bond motifs is 1. The Kier molecular flexibility index (Phi) is 3.73. The average Bonchev–Trinajstić information content (AvgIpc) is 3.13. The number of benzene rings is 1. The summed E-state index contributed by atoms with van der Waals surface area (Å²) >= 11 is 0. The number of hydrogen-bond acceptors (Lipinski definition) is 4. The van der Waals surface area contributed by atoms with Gasteiger partial charge < -0.3 is 10.6 Å². The van der Waals surface area contributed by atoms with E-state index in [1.807, 2.05) is 24.4 Å². The number of rotatable bonds is 5. The third kappa shape index (κ3) is 2.85. The van der Waals surface area contributed by atoms with Gasteiger partial charge >= 0.3 is 0 Å². The first-order valence-electron chi connectivity index (χ1n) is 6.78. The van der Waals surface area contributed by atoms with Crippen LogP contribution in [0.2, 0.25) is 0 Å². The van der Waals surface area contributed by atoms with Crippen molar-refractivity contribution in [2.45, 2.75) is 26.1 Å². The van der Waals surface area contributed by atoms with E-state index in [-0.39, 0.29) is 5.91 Å². The van der Waals surface area contributed by atoms with Crippen molar-refractivity contribution < 1.29 is 4.79 Å². The molecular weight excluding hydrogens is 254 g/mol. The zero-order valence-corrected chi connectivity index (χ0v) is 11.2. The normalized spacial score (nSPS) is 13.2. The maximum Gasteiger partial charge on any atom is 0.251 e. The van der Waals surface area contributed by atoms with Gasteiger partial charge in [0.05, 0.1) is 6.20 Å². The molecule has 0 fully saturated rings. The molecule has 20 heavy (non-hydrogen) atoms. The Morgan fingerprint density at radius 1 is 1.35 bits per heavy atom. The molecule has 2 heterocycles. The van der Waals surface area contributed by atoms with Crippen LogP contribution in [0.15, 0.2) is 30.6 Å². The Labute approximate surface area is 117 Å². The molecule has 0 unspecified atom stereocenters. The summed E-state index contributed by atoms with van der Waals surface area (Å²) in [5.74, 6) is -0.0155. The monoisotopic (exact) mass is 271 g/mol. The van der Waals surface area contributed by atoms with E-state index < -0.39 is 0 Å². The van der Waals surface area contributed by atoms with Gasteiger partial charge in [0.2, 0.25) is 0 Å². The summed E-state index contributed by atoms with van der Waals surface area (Å²) in [6.45, 7) is 3.14. The standard InChI is InChI=1S/C14H17N5O/c20-14(16-4-1-6-19-7-5-17-18-19)11-2-3-12-9-15-10-13(12)8-11/h2-3,5,7-8,15H,1,4,6,9-10H2,(H,16,20). The minimum absolute atomic E-state index is 0.0155. The molecule has 1 aromatic heterocycles. The van der Waals surface area contributed by atoms with Crippen LogP contribution in [0.4, 0.5) is 0 Å². The van der Waals surface area contributed by atoms with E-state index in [4.69, 9.17) is 0 Å². The Morgan fingerprint density at radius 3 is 3.10 bits per heavy atom. The lowest BCUT2D eigenvalue weighted by Gasteiger charge is -2.06. The second-order valence-electron chi connectivity index (χ2n) is 4.86. The van der Waals surface area contributed by atoms with E-state index in [1.54, 1.807) is 10.9 Å². The minimum atomic E-state index is -0.0155. The highest BCUT2D eigenvalue weighted by molar-refractivity contribution is 5.94. The van der Waals surface area contributed by atoms with Crippen molar-refractivity contribution in [1.82, 2.24) is 25.6 Å². The summed E-state index contributed by atoms with van der Waals surface area (Å²) in [4.78, 5) is 12.0. The van der Waals surface area contributed by atoms with Crippen LogP contribution in [0, 0.1) is 0 Å². The number of amides is 1. The Morgan fingerprint density at radius 2 is 2.25 bits per heavy atom. The van der Waals surface area contributed by atoms with Crippen LogP contribution in [0.3, 0.4) is 0 Å². The summed E-state index contributed by atoms with van der Waals surface area (Å²) in [5.41, 5.74) is 3.24. The lowest BCUT2D eigenvalue weighted by molar-refractivity contribution is 0.0952. The molecule has 6 nitrogen and oxygen atoms in total. The van der Waals surface area contributed by atoms with E-state index in [1.165, 1.54) is 11.1 Å². The second kappa shape index (κ2) is 5.83. The molecule has 1 aromatic carbocycles. The number of nitrogens with one attached hydrogen (secondary N) is 2. The van der Waals surface area contributed by atoms with Crippen LogP contribution in [0.25, 0.3) is 0 Å². The van der Waals surface area contributed by atoms with Crippen LogP contribution >= 0.6 is 0 Å². The molecule has 6 heteroatoms. The highest BCUT2D eigenvalue weighted by Crippen LogP contribution is 2.16. The van der Waals surface area contributed by atoms with Crippen molar-refractivity contribution in [1.29, 1.82) is 0 Å². The summed E-state index contributed by atoms with van der Waals surface area (Å²) in [6.07, 6.45) is 4.30. The summed E-state index contributed by atoms with van der Waals surface area (Å²) in [5, 5.41) is 13.8. The van der Waals surface area contributed by atoms with E-state index in [0.717, 1.165) is 31.6 Å². The van der Waals surface area contributed by atoms with Gasteiger partial charge in [0.1, 0.15) is 0 Å². The predicted octanol–water partition coefficient (Wildman–Crippen LogP) is 0.701. The molecular formula is C14H17N5O. The topological polar surface area (TPSA) is 71.8 Å². The maximum atomic E-state index is 12.0. The van der Waals surface area contributed by atoms with Crippen molar-refractivity contribution in [2.75, 3.05) is 6.54 Å². The van der Waals surface area contributed by atoms with Gasteiger partial charge in [-0.05, 0) is 29.7 Å². The third-order valence-electron chi connectivity index (χ3n) is 3.42. The van der Waals surface area contributed by atoms with Crippen LogP contribution < -0.4 is 10.6 Å². The molecule has 0 radical (unpaired) electrons. The van der Waals surface area contributed by atoms with Crippen LogP contribution in [-0.2, 0) is 19.6 Å². The second-order valence-corrected chi connectivity index (χ2v) is 4.86. The molecule has 1 aliphatic rings. The van der Waals surface area contributed by atoms with Crippen molar-refractivity contribution in [3.8, 4) is 0 Å². The van der Waals surface area contributed by atoms with Crippen LogP contribution in [0.5, 0.6) is 0 Å². The first-order chi connectivity index (χ1) is 9.83. The van der Waals surface area contributed by atoms with Crippen molar-refractivity contribution in [3.63, 3.8) is 0 Å². The summed E-state index contributed by atoms with van der Waals surface area (Å²) in [6, 6.07) is 5.89. The fourth-order valence-electron chi connectivity index (χ4n) is 2.33.